The Balaban J connectivity index is 2.24. The van der Waals surface area contributed by atoms with E-state index in [9.17, 15) is 5.11 Å². The van der Waals surface area contributed by atoms with Gasteiger partial charge >= 0.3 is 0 Å². The van der Waals surface area contributed by atoms with E-state index in [1.807, 2.05) is 0 Å². The summed E-state index contributed by atoms with van der Waals surface area (Å²) in [6, 6.07) is 0. The summed E-state index contributed by atoms with van der Waals surface area (Å²) in [5.41, 5.74) is 1.57. The van der Waals surface area contributed by atoms with Crippen molar-refractivity contribution in [2.24, 2.45) is 0 Å². The first-order chi connectivity index (χ1) is 5.33. The number of aliphatic hydroxyl groups is 1. The van der Waals surface area contributed by atoms with Gasteiger partial charge < -0.3 is 5.11 Å². The Hall–Kier alpha value is -0.300. The molecule has 0 spiro atoms. The molecule has 1 aliphatic carbocycles. The van der Waals surface area contributed by atoms with Gasteiger partial charge in [-0.05, 0) is 32.1 Å². The molecule has 11 heavy (non-hydrogen) atoms. The third kappa shape index (κ3) is 3.06. The normalized spacial score (nSPS) is 24.9. The minimum atomic E-state index is -0.0552. The summed E-state index contributed by atoms with van der Waals surface area (Å²) in [6.45, 7) is 2.22. The van der Waals surface area contributed by atoms with Crippen LogP contribution in [0.25, 0.3) is 0 Å². The Labute approximate surface area is 69.1 Å². The monoisotopic (exact) mass is 154 g/mol. The molecule has 0 saturated carbocycles. The Kier molecular flexibility index (Phi) is 3.64. The van der Waals surface area contributed by atoms with Crippen LogP contribution in [0.4, 0.5) is 0 Å². The maximum atomic E-state index is 9.21. The number of aliphatic hydroxyl groups excluding tert-OH is 1. The van der Waals surface area contributed by atoms with Crippen LogP contribution in [0, 0.1) is 0 Å². The molecule has 0 aromatic heterocycles. The third-order valence-electron chi connectivity index (χ3n) is 2.33. The number of unbranched alkanes of at least 4 members (excludes halogenated alkanes) is 1. The van der Waals surface area contributed by atoms with Crippen LogP contribution in [-0.2, 0) is 0 Å². The Morgan fingerprint density at radius 3 is 3.00 bits per heavy atom. The van der Waals surface area contributed by atoms with Crippen LogP contribution in [0.5, 0.6) is 0 Å². The molecule has 0 amide bonds. The largest absolute Gasteiger partial charge is 0.393 e. The standard InChI is InChI=1S/C10H18O/c1-2-3-4-9-5-7-10(11)8-6-9/h5,10-11H,2-4,6-8H2,1H3/t10-/m1/s1. The van der Waals surface area contributed by atoms with Crippen molar-refractivity contribution in [3.05, 3.63) is 11.6 Å². The van der Waals surface area contributed by atoms with Gasteiger partial charge in [0.15, 0.2) is 0 Å². The van der Waals surface area contributed by atoms with Crippen LogP contribution in [0.2, 0.25) is 0 Å². The molecular formula is C10H18O. The van der Waals surface area contributed by atoms with Crippen molar-refractivity contribution in [3.63, 3.8) is 0 Å². The van der Waals surface area contributed by atoms with Crippen LogP contribution in [0.1, 0.15) is 45.4 Å². The third-order valence-corrected chi connectivity index (χ3v) is 2.33. The van der Waals surface area contributed by atoms with E-state index in [-0.39, 0.29) is 6.10 Å². The summed E-state index contributed by atoms with van der Waals surface area (Å²) < 4.78 is 0. The van der Waals surface area contributed by atoms with Gasteiger partial charge in [-0.15, -0.1) is 0 Å². The van der Waals surface area contributed by atoms with Gasteiger partial charge in [-0.3, -0.25) is 0 Å². The van der Waals surface area contributed by atoms with Gasteiger partial charge in [0.25, 0.3) is 0 Å². The van der Waals surface area contributed by atoms with E-state index >= 15 is 0 Å². The van der Waals surface area contributed by atoms with Gasteiger partial charge in [0, 0.05) is 0 Å². The zero-order chi connectivity index (χ0) is 8.10. The summed E-state index contributed by atoms with van der Waals surface area (Å²) >= 11 is 0. The molecule has 1 heteroatoms. The van der Waals surface area contributed by atoms with Crippen molar-refractivity contribution < 1.29 is 5.11 Å². The number of allylic oxidation sites excluding steroid dienone is 1. The zero-order valence-corrected chi connectivity index (χ0v) is 7.34. The summed E-state index contributed by atoms with van der Waals surface area (Å²) in [7, 11) is 0. The highest BCUT2D eigenvalue weighted by atomic mass is 16.3. The predicted molar refractivity (Wildman–Crippen MR) is 47.5 cm³/mol. The van der Waals surface area contributed by atoms with Gasteiger partial charge in [0.2, 0.25) is 0 Å². The average molecular weight is 154 g/mol. The fourth-order valence-electron chi connectivity index (χ4n) is 1.51. The number of hydrogen-bond acceptors (Lipinski definition) is 1. The summed E-state index contributed by atoms with van der Waals surface area (Å²) in [6.07, 6.45) is 9.00. The summed E-state index contributed by atoms with van der Waals surface area (Å²) in [4.78, 5) is 0. The quantitative estimate of drug-likeness (QED) is 0.619. The van der Waals surface area contributed by atoms with Gasteiger partial charge in [0.05, 0.1) is 6.10 Å². The lowest BCUT2D eigenvalue weighted by molar-refractivity contribution is 0.162. The zero-order valence-electron chi connectivity index (χ0n) is 7.34. The second-order valence-electron chi connectivity index (χ2n) is 3.39. The van der Waals surface area contributed by atoms with E-state index in [2.05, 4.69) is 13.0 Å². The topological polar surface area (TPSA) is 20.2 Å². The first-order valence-corrected chi connectivity index (χ1v) is 4.69. The second kappa shape index (κ2) is 4.55. The fraction of sp³-hybridized carbons (Fsp3) is 0.800. The molecule has 0 aliphatic heterocycles. The van der Waals surface area contributed by atoms with Crippen molar-refractivity contribution in [1.29, 1.82) is 0 Å². The minimum Gasteiger partial charge on any atom is -0.393 e. The first kappa shape index (κ1) is 8.79. The lowest BCUT2D eigenvalue weighted by Gasteiger charge is -2.16. The van der Waals surface area contributed by atoms with Crippen LogP contribution in [-0.4, -0.2) is 11.2 Å². The van der Waals surface area contributed by atoms with Crippen molar-refractivity contribution in [2.45, 2.75) is 51.6 Å². The number of rotatable bonds is 3. The minimum absolute atomic E-state index is 0.0552. The average Bonchev–Trinajstić information content (AvgIpc) is 2.04. The first-order valence-electron chi connectivity index (χ1n) is 4.69. The molecule has 1 aliphatic rings. The lowest BCUT2D eigenvalue weighted by Crippen LogP contribution is -2.09. The molecule has 1 nitrogen and oxygen atoms in total. The van der Waals surface area contributed by atoms with E-state index in [4.69, 9.17) is 0 Å². The Bertz CT molecular complexity index is 138. The summed E-state index contributed by atoms with van der Waals surface area (Å²) in [5.74, 6) is 0. The molecule has 1 rings (SSSR count). The second-order valence-corrected chi connectivity index (χ2v) is 3.39. The van der Waals surface area contributed by atoms with Crippen molar-refractivity contribution in [1.82, 2.24) is 0 Å². The highest BCUT2D eigenvalue weighted by Crippen LogP contribution is 2.21. The molecule has 0 saturated heterocycles. The molecule has 0 radical (unpaired) electrons. The Morgan fingerprint density at radius 1 is 1.64 bits per heavy atom. The van der Waals surface area contributed by atoms with Crippen molar-refractivity contribution in [3.8, 4) is 0 Å². The molecule has 0 bridgehead atoms. The Morgan fingerprint density at radius 2 is 2.45 bits per heavy atom. The smallest absolute Gasteiger partial charge is 0.0577 e. The molecule has 1 atom stereocenters. The molecule has 64 valence electrons. The van der Waals surface area contributed by atoms with E-state index < -0.39 is 0 Å². The van der Waals surface area contributed by atoms with E-state index in [0.717, 1.165) is 19.3 Å². The van der Waals surface area contributed by atoms with Gasteiger partial charge in [-0.2, -0.15) is 0 Å². The maximum Gasteiger partial charge on any atom is 0.0577 e. The van der Waals surface area contributed by atoms with Crippen molar-refractivity contribution >= 4 is 0 Å². The maximum absolute atomic E-state index is 9.21. The van der Waals surface area contributed by atoms with E-state index in [1.165, 1.54) is 19.3 Å². The van der Waals surface area contributed by atoms with Crippen LogP contribution in [0.3, 0.4) is 0 Å². The molecule has 0 heterocycles. The highest BCUT2D eigenvalue weighted by molar-refractivity contribution is 5.06. The van der Waals surface area contributed by atoms with Crippen LogP contribution in [0.15, 0.2) is 11.6 Å². The molecule has 1 N–H and O–H groups in total. The lowest BCUT2D eigenvalue weighted by atomic mass is 9.94. The van der Waals surface area contributed by atoms with Gasteiger partial charge in [-0.1, -0.05) is 25.0 Å². The van der Waals surface area contributed by atoms with E-state index in [0.29, 0.717) is 0 Å². The predicted octanol–water partition coefficient (Wildman–Crippen LogP) is 2.65. The summed E-state index contributed by atoms with van der Waals surface area (Å²) in [5, 5.41) is 9.21. The van der Waals surface area contributed by atoms with Crippen LogP contribution >= 0.6 is 0 Å². The fourth-order valence-corrected chi connectivity index (χ4v) is 1.51. The highest BCUT2D eigenvalue weighted by Gasteiger charge is 2.09. The van der Waals surface area contributed by atoms with Crippen molar-refractivity contribution in [2.75, 3.05) is 0 Å². The number of hydrogen-bond donors (Lipinski definition) is 1. The molecule has 0 unspecified atom stereocenters. The van der Waals surface area contributed by atoms with Gasteiger partial charge in [-0.25, -0.2) is 0 Å². The molecule has 0 fully saturated rings. The van der Waals surface area contributed by atoms with Gasteiger partial charge in [0.1, 0.15) is 0 Å². The van der Waals surface area contributed by atoms with E-state index in [1.54, 1.807) is 5.57 Å². The van der Waals surface area contributed by atoms with Crippen LogP contribution < -0.4 is 0 Å². The SMILES string of the molecule is CCCCC1=CC[C@@H](O)CC1. The molecule has 0 aromatic carbocycles. The molecule has 0 aromatic rings. The molecular weight excluding hydrogens is 136 g/mol.